The first-order valence-electron chi connectivity index (χ1n) is 10.8. The minimum atomic E-state index is -0.884. The van der Waals surface area contributed by atoms with Crippen LogP contribution in [0, 0.1) is 17.2 Å². The Morgan fingerprint density at radius 1 is 1.38 bits per heavy atom. The average molecular weight is 453 g/mol. The van der Waals surface area contributed by atoms with Crippen LogP contribution in [0.5, 0.6) is 0 Å². The lowest BCUT2D eigenvalue weighted by molar-refractivity contribution is -0.125. The molecule has 0 spiro atoms. The van der Waals surface area contributed by atoms with Gasteiger partial charge in [-0.1, -0.05) is 23.7 Å². The molecule has 1 aliphatic carbocycles. The van der Waals surface area contributed by atoms with Gasteiger partial charge < -0.3 is 14.2 Å². The van der Waals surface area contributed by atoms with E-state index in [-0.39, 0.29) is 16.5 Å². The summed E-state index contributed by atoms with van der Waals surface area (Å²) < 4.78 is 11.6. The molecule has 0 N–H and O–H groups in total. The lowest BCUT2D eigenvalue weighted by Gasteiger charge is -2.46. The Kier molecular flexibility index (Phi) is 4.17. The molecule has 3 aliphatic heterocycles. The van der Waals surface area contributed by atoms with Crippen LogP contribution < -0.4 is 9.80 Å². The molecule has 1 aromatic heterocycles. The summed E-state index contributed by atoms with van der Waals surface area (Å²) in [5.41, 5.74) is 0.488. The Balaban J connectivity index is 1.47. The van der Waals surface area contributed by atoms with Crippen molar-refractivity contribution in [2.24, 2.45) is 10.9 Å². The van der Waals surface area contributed by atoms with Crippen molar-refractivity contribution in [2.45, 2.75) is 56.8 Å². The number of hydrogen-bond donors (Lipinski definition) is 0. The predicted molar refractivity (Wildman–Crippen MR) is 116 cm³/mol. The van der Waals surface area contributed by atoms with Crippen molar-refractivity contribution >= 4 is 35.2 Å². The topological polar surface area (TPSA) is 108 Å². The molecule has 2 fully saturated rings. The first-order chi connectivity index (χ1) is 15.4. The van der Waals surface area contributed by atoms with Crippen LogP contribution in [0.2, 0.25) is 5.02 Å². The molecule has 164 valence electrons. The molecule has 6 rings (SSSR count). The summed E-state index contributed by atoms with van der Waals surface area (Å²) in [7, 11) is 0. The number of fused-ring (bicyclic) bond motifs is 3. The van der Waals surface area contributed by atoms with Gasteiger partial charge in [-0.15, -0.1) is 0 Å². The van der Waals surface area contributed by atoms with E-state index in [0.717, 1.165) is 12.8 Å². The van der Waals surface area contributed by atoms with Gasteiger partial charge in [0.2, 0.25) is 0 Å². The minimum Gasteiger partial charge on any atom is -0.355 e. The summed E-state index contributed by atoms with van der Waals surface area (Å²) in [6, 6.07) is 4.30. The highest BCUT2D eigenvalue weighted by Crippen LogP contribution is 2.50. The molecule has 1 saturated carbocycles. The lowest BCUT2D eigenvalue weighted by atomic mass is 9.95. The summed E-state index contributed by atoms with van der Waals surface area (Å²) in [5, 5.41) is 14.3. The second-order valence-electron chi connectivity index (χ2n) is 9.07. The molecule has 4 heterocycles. The van der Waals surface area contributed by atoms with Crippen LogP contribution in [0.15, 0.2) is 21.6 Å². The van der Waals surface area contributed by atoms with Gasteiger partial charge in [0.25, 0.3) is 11.8 Å². The van der Waals surface area contributed by atoms with Crippen LogP contribution in [0.1, 0.15) is 62.3 Å². The van der Waals surface area contributed by atoms with E-state index in [1.807, 2.05) is 13.0 Å². The Morgan fingerprint density at radius 2 is 2.19 bits per heavy atom. The number of rotatable bonds is 3. The second kappa shape index (κ2) is 6.77. The van der Waals surface area contributed by atoms with Crippen LogP contribution in [-0.2, 0) is 9.53 Å². The molecule has 5 atom stereocenters. The number of benzene rings is 1. The number of nitrogens with zero attached hydrogens (tertiary/aromatic N) is 6. The smallest absolute Gasteiger partial charge is 0.255 e. The number of hydrogen-bond acceptors (Lipinski definition) is 8. The molecule has 32 heavy (non-hydrogen) atoms. The molecule has 10 heteroatoms. The highest BCUT2D eigenvalue weighted by atomic mass is 35.5. The first kappa shape index (κ1) is 19.7. The van der Waals surface area contributed by atoms with Crippen molar-refractivity contribution in [3.63, 3.8) is 0 Å². The Morgan fingerprint density at radius 3 is 2.88 bits per heavy atom. The second-order valence-corrected chi connectivity index (χ2v) is 9.48. The van der Waals surface area contributed by atoms with E-state index in [4.69, 9.17) is 20.9 Å². The molecular formula is C22H21ClN6O3. The lowest BCUT2D eigenvalue weighted by Crippen LogP contribution is -2.60. The molecule has 1 saturated heterocycles. The molecule has 9 nitrogen and oxygen atoms in total. The van der Waals surface area contributed by atoms with Gasteiger partial charge in [0.15, 0.2) is 11.9 Å². The number of aliphatic imine (C=N–C) groups is 1. The summed E-state index contributed by atoms with van der Waals surface area (Å²) >= 11 is 6.36. The van der Waals surface area contributed by atoms with Gasteiger partial charge in [-0.2, -0.15) is 10.2 Å². The van der Waals surface area contributed by atoms with Gasteiger partial charge in [0.1, 0.15) is 17.8 Å². The molecule has 4 aliphatic rings. The molecule has 1 aromatic carbocycles. The summed E-state index contributed by atoms with van der Waals surface area (Å²) in [4.78, 5) is 26.5. The van der Waals surface area contributed by atoms with Crippen LogP contribution in [-0.4, -0.2) is 40.8 Å². The third-order valence-corrected chi connectivity index (χ3v) is 7.28. The van der Waals surface area contributed by atoms with E-state index in [2.05, 4.69) is 28.1 Å². The maximum atomic E-state index is 14.0. The molecule has 1 amide bonds. The number of amides is 1. The number of carbonyl (C=O) groups excluding carboxylic acids is 1. The van der Waals surface area contributed by atoms with Crippen molar-refractivity contribution < 1.29 is 14.1 Å². The third kappa shape index (κ3) is 2.66. The van der Waals surface area contributed by atoms with Crippen molar-refractivity contribution in [3.8, 4) is 6.07 Å². The fraction of sp³-hybridized carbons (Fsp3) is 0.500. The van der Waals surface area contributed by atoms with E-state index in [1.54, 1.807) is 22.2 Å². The quantitative estimate of drug-likeness (QED) is 0.700. The van der Waals surface area contributed by atoms with Crippen LogP contribution in [0.4, 0.5) is 11.4 Å². The van der Waals surface area contributed by atoms with Crippen molar-refractivity contribution in [1.29, 1.82) is 5.26 Å². The van der Waals surface area contributed by atoms with E-state index in [9.17, 15) is 10.1 Å². The van der Waals surface area contributed by atoms with Crippen molar-refractivity contribution in [3.05, 3.63) is 34.4 Å². The maximum absolute atomic E-state index is 14.0. The molecule has 0 bridgehead atoms. The van der Waals surface area contributed by atoms with Crippen LogP contribution in [0.3, 0.4) is 0 Å². The Labute approximate surface area is 189 Å². The zero-order valence-electron chi connectivity index (χ0n) is 17.7. The van der Waals surface area contributed by atoms with Gasteiger partial charge in [-0.3, -0.25) is 14.7 Å². The summed E-state index contributed by atoms with van der Waals surface area (Å²) in [6.07, 6.45) is 4.12. The van der Waals surface area contributed by atoms with Gasteiger partial charge in [0, 0.05) is 12.5 Å². The fourth-order valence-electron chi connectivity index (χ4n) is 5.06. The number of anilines is 2. The van der Waals surface area contributed by atoms with E-state index < -0.39 is 17.8 Å². The number of carbonyl (C=O) groups is 1. The zero-order valence-corrected chi connectivity index (χ0v) is 18.4. The fourth-order valence-corrected chi connectivity index (χ4v) is 5.26. The van der Waals surface area contributed by atoms with Gasteiger partial charge in [-0.05, 0) is 44.2 Å². The normalized spacial score (nSPS) is 32.8. The number of halogens is 1. The SMILES string of the molecule is CC1CC1c1noc(C2N=CN3c4ccc(Cl)c(C#N)c4N(C4(C)CCCO4)C(=O)C23)n1. The number of aromatic nitrogens is 2. The van der Waals surface area contributed by atoms with E-state index >= 15 is 0 Å². The number of ether oxygens (including phenoxy) is 1. The van der Waals surface area contributed by atoms with E-state index in [0.29, 0.717) is 48.0 Å². The zero-order chi connectivity index (χ0) is 22.2. The Hall–Kier alpha value is -2.96. The standard InChI is InChI=1S/C22H21ClN6O3/c1-11-8-12(11)19-26-20(32-27-19)16-18-21(30)29(22(2)6-3-7-31-22)17-13(9-24)14(23)4-5-15(17)28(18)10-25-16/h4-5,10-12,16,18H,3,6-8H2,1-2H3. The molecular weight excluding hydrogens is 432 g/mol. The molecule has 2 aromatic rings. The number of nitriles is 1. The summed E-state index contributed by atoms with van der Waals surface area (Å²) in [5.74, 6) is 1.61. The van der Waals surface area contributed by atoms with Crippen LogP contribution in [0.25, 0.3) is 0 Å². The first-order valence-corrected chi connectivity index (χ1v) is 11.2. The largest absolute Gasteiger partial charge is 0.355 e. The monoisotopic (exact) mass is 452 g/mol. The van der Waals surface area contributed by atoms with Gasteiger partial charge >= 0.3 is 0 Å². The third-order valence-electron chi connectivity index (χ3n) is 6.97. The highest BCUT2D eigenvalue weighted by Gasteiger charge is 2.54. The summed E-state index contributed by atoms with van der Waals surface area (Å²) in [6.45, 7) is 4.57. The molecule has 0 radical (unpaired) electrons. The van der Waals surface area contributed by atoms with Crippen molar-refractivity contribution in [2.75, 3.05) is 16.4 Å². The van der Waals surface area contributed by atoms with Gasteiger partial charge in [-0.25, -0.2) is 0 Å². The van der Waals surface area contributed by atoms with Crippen LogP contribution >= 0.6 is 11.6 Å². The minimum absolute atomic E-state index is 0.234. The van der Waals surface area contributed by atoms with Gasteiger partial charge in [0.05, 0.1) is 28.3 Å². The van der Waals surface area contributed by atoms with E-state index in [1.165, 1.54) is 0 Å². The average Bonchev–Trinajstić information content (AvgIpc) is 3.19. The predicted octanol–water partition coefficient (Wildman–Crippen LogP) is 3.55. The Bertz CT molecular complexity index is 1200. The van der Waals surface area contributed by atoms with Crippen molar-refractivity contribution in [1.82, 2.24) is 10.1 Å². The maximum Gasteiger partial charge on any atom is 0.255 e. The highest BCUT2D eigenvalue weighted by molar-refractivity contribution is 6.33. The molecule has 5 unspecified atom stereocenters.